The van der Waals surface area contributed by atoms with Crippen molar-refractivity contribution in [3.8, 4) is 0 Å². The van der Waals surface area contributed by atoms with E-state index in [4.69, 9.17) is 0 Å². The fraction of sp³-hybridized carbons (Fsp3) is 0.600. The van der Waals surface area contributed by atoms with E-state index in [9.17, 15) is 22.8 Å². The molecule has 2 fully saturated rings. The second-order valence-corrected chi connectivity index (χ2v) is 6.19. The van der Waals surface area contributed by atoms with Gasteiger partial charge in [0.1, 0.15) is 23.9 Å². The molecule has 0 aliphatic carbocycles. The third-order valence-electron chi connectivity index (χ3n) is 4.41. The van der Waals surface area contributed by atoms with Gasteiger partial charge in [0.25, 0.3) is 0 Å². The van der Waals surface area contributed by atoms with Crippen LogP contribution >= 0.6 is 0 Å². The van der Waals surface area contributed by atoms with Crippen LogP contribution in [0.2, 0.25) is 0 Å². The number of likely N-dealkylation sites (tertiary alicyclic amines) is 1. The molecule has 25 heavy (non-hydrogen) atoms. The summed E-state index contributed by atoms with van der Waals surface area (Å²) < 4.78 is 38.0. The van der Waals surface area contributed by atoms with Crippen molar-refractivity contribution in [3.63, 3.8) is 0 Å². The molecule has 2 amide bonds. The number of carbonyl (C=O) groups excluding carboxylic acids is 2. The van der Waals surface area contributed by atoms with Crippen molar-refractivity contribution < 1.29 is 22.8 Å². The second kappa shape index (κ2) is 6.85. The highest BCUT2D eigenvalue weighted by molar-refractivity contribution is 5.90. The minimum atomic E-state index is -4.51. The van der Waals surface area contributed by atoms with Crippen LogP contribution < -0.4 is 10.6 Å². The van der Waals surface area contributed by atoms with E-state index < -0.39 is 17.9 Å². The number of amides is 2. The van der Waals surface area contributed by atoms with Crippen molar-refractivity contribution in [2.24, 2.45) is 0 Å². The lowest BCUT2D eigenvalue weighted by atomic mass is 10.0. The highest BCUT2D eigenvalue weighted by Gasteiger charge is 2.34. The van der Waals surface area contributed by atoms with Gasteiger partial charge in [0.15, 0.2) is 0 Å². The molecule has 0 aromatic carbocycles. The zero-order valence-corrected chi connectivity index (χ0v) is 13.3. The molecule has 2 aliphatic rings. The Labute approximate surface area is 142 Å². The first-order chi connectivity index (χ1) is 11.8. The maximum absolute atomic E-state index is 12.7. The summed E-state index contributed by atoms with van der Waals surface area (Å²) in [5.41, 5.74) is -0.991. The minimum absolute atomic E-state index is 0.0711. The molecular formula is C15H18F3N5O2. The zero-order valence-electron chi connectivity index (χ0n) is 13.3. The van der Waals surface area contributed by atoms with Gasteiger partial charge in [0, 0.05) is 31.6 Å². The van der Waals surface area contributed by atoms with Crippen molar-refractivity contribution in [1.29, 1.82) is 0 Å². The first-order valence-electron chi connectivity index (χ1n) is 8.07. The number of halogens is 3. The highest BCUT2D eigenvalue weighted by Crippen LogP contribution is 2.28. The third kappa shape index (κ3) is 4.18. The maximum atomic E-state index is 12.7. The zero-order chi connectivity index (χ0) is 18.0. The van der Waals surface area contributed by atoms with Crippen LogP contribution in [0.4, 0.5) is 19.0 Å². The molecule has 0 bridgehead atoms. The summed E-state index contributed by atoms with van der Waals surface area (Å²) in [5.74, 6) is -0.0833. The van der Waals surface area contributed by atoms with Crippen LogP contribution in [0.3, 0.4) is 0 Å². The summed E-state index contributed by atoms with van der Waals surface area (Å²) in [6.45, 7) is 0.972. The molecule has 1 unspecified atom stereocenters. The van der Waals surface area contributed by atoms with Gasteiger partial charge in [-0.3, -0.25) is 9.59 Å². The number of piperidine rings is 1. The topological polar surface area (TPSA) is 87.2 Å². The first kappa shape index (κ1) is 17.4. The lowest BCUT2D eigenvalue weighted by Gasteiger charge is -2.34. The molecule has 136 valence electrons. The Morgan fingerprint density at radius 1 is 1.24 bits per heavy atom. The molecule has 0 saturated carbocycles. The van der Waals surface area contributed by atoms with Crippen LogP contribution in [0.25, 0.3) is 0 Å². The van der Waals surface area contributed by atoms with E-state index in [0.717, 1.165) is 12.4 Å². The Balaban J connectivity index is 1.53. The number of hydrogen-bond acceptors (Lipinski definition) is 5. The van der Waals surface area contributed by atoms with Crippen molar-refractivity contribution in [2.75, 3.05) is 18.4 Å². The van der Waals surface area contributed by atoms with E-state index in [1.54, 1.807) is 4.90 Å². The first-order valence-corrected chi connectivity index (χ1v) is 8.07. The Hall–Kier alpha value is -2.39. The predicted molar refractivity (Wildman–Crippen MR) is 81.4 cm³/mol. The fourth-order valence-electron chi connectivity index (χ4n) is 3.06. The molecule has 1 atom stereocenters. The number of aromatic nitrogens is 2. The van der Waals surface area contributed by atoms with Crippen molar-refractivity contribution in [3.05, 3.63) is 18.1 Å². The smallest absolute Gasteiger partial charge is 0.367 e. The average molecular weight is 357 g/mol. The molecule has 7 nitrogen and oxygen atoms in total. The van der Waals surface area contributed by atoms with E-state index in [2.05, 4.69) is 20.6 Å². The van der Waals surface area contributed by atoms with Gasteiger partial charge < -0.3 is 15.5 Å². The summed E-state index contributed by atoms with van der Waals surface area (Å²) in [6.07, 6.45) is -1.57. The molecule has 10 heteroatoms. The van der Waals surface area contributed by atoms with E-state index in [-0.39, 0.29) is 23.7 Å². The number of nitrogens with one attached hydrogen (secondary N) is 2. The number of anilines is 1. The van der Waals surface area contributed by atoms with Gasteiger partial charge in [0.2, 0.25) is 11.8 Å². The van der Waals surface area contributed by atoms with Crippen LogP contribution in [0.15, 0.2) is 12.4 Å². The van der Waals surface area contributed by atoms with E-state index in [1.165, 1.54) is 0 Å². The van der Waals surface area contributed by atoms with Crippen molar-refractivity contribution in [2.45, 2.75) is 43.9 Å². The summed E-state index contributed by atoms with van der Waals surface area (Å²) >= 11 is 0. The van der Waals surface area contributed by atoms with Crippen LogP contribution in [0, 0.1) is 0 Å². The van der Waals surface area contributed by atoms with E-state index in [1.807, 2.05) is 0 Å². The molecular weight excluding hydrogens is 339 g/mol. The maximum Gasteiger partial charge on any atom is 0.433 e. The third-order valence-corrected chi connectivity index (χ3v) is 4.41. The van der Waals surface area contributed by atoms with Gasteiger partial charge in [-0.1, -0.05) is 0 Å². The Bertz CT molecular complexity index is 659. The summed E-state index contributed by atoms with van der Waals surface area (Å²) in [5, 5.41) is 5.62. The SMILES string of the molecule is O=C1CCC(C(=O)N2CCC(Nc3cc(C(F)(F)F)ncn3)CC2)N1. The molecule has 1 aromatic heterocycles. The summed E-state index contributed by atoms with van der Waals surface area (Å²) in [7, 11) is 0. The highest BCUT2D eigenvalue weighted by atomic mass is 19.4. The number of alkyl halides is 3. The van der Waals surface area contributed by atoms with Gasteiger partial charge in [-0.05, 0) is 19.3 Å². The Kier molecular flexibility index (Phi) is 4.78. The summed E-state index contributed by atoms with van der Waals surface area (Å²) in [4.78, 5) is 32.3. The molecule has 3 heterocycles. The van der Waals surface area contributed by atoms with E-state index >= 15 is 0 Å². The fourth-order valence-corrected chi connectivity index (χ4v) is 3.06. The quantitative estimate of drug-likeness (QED) is 0.848. The number of hydrogen-bond donors (Lipinski definition) is 2. The van der Waals surface area contributed by atoms with Gasteiger partial charge in [0.05, 0.1) is 0 Å². The molecule has 2 N–H and O–H groups in total. The van der Waals surface area contributed by atoms with Crippen LogP contribution in [0.1, 0.15) is 31.4 Å². The standard InChI is InChI=1S/C15H18F3N5O2/c16-15(17,18)11-7-12(20-8-19-11)21-9-3-5-23(6-4-9)14(25)10-1-2-13(24)22-10/h7-10H,1-6H2,(H,22,24)(H,19,20,21). The van der Waals surface area contributed by atoms with Crippen molar-refractivity contribution >= 4 is 17.6 Å². The summed E-state index contributed by atoms with van der Waals surface area (Å²) in [6, 6.07) is 0.359. The molecule has 0 spiro atoms. The van der Waals surface area contributed by atoms with Crippen LogP contribution in [-0.4, -0.2) is 51.9 Å². The van der Waals surface area contributed by atoms with Crippen molar-refractivity contribution in [1.82, 2.24) is 20.2 Å². The average Bonchev–Trinajstić information content (AvgIpc) is 3.01. The molecule has 0 radical (unpaired) electrons. The van der Waals surface area contributed by atoms with Gasteiger partial charge in [-0.15, -0.1) is 0 Å². The predicted octanol–water partition coefficient (Wildman–Crippen LogP) is 1.18. The Morgan fingerprint density at radius 2 is 1.96 bits per heavy atom. The van der Waals surface area contributed by atoms with Crippen LogP contribution in [0.5, 0.6) is 0 Å². The largest absolute Gasteiger partial charge is 0.433 e. The molecule has 3 rings (SSSR count). The normalized spacial score (nSPS) is 22.0. The van der Waals surface area contributed by atoms with Gasteiger partial charge in [-0.25, -0.2) is 9.97 Å². The number of rotatable bonds is 3. The molecule has 2 saturated heterocycles. The lowest BCUT2D eigenvalue weighted by Crippen LogP contribution is -2.49. The minimum Gasteiger partial charge on any atom is -0.367 e. The second-order valence-electron chi connectivity index (χ2n) is 6.19. The Morgan fingerprint density at radius 3 is 2.56 bits per heavy atom. The number of nitrogens with zero attached hydrogens (tertiary/aromatic N) is 3. The van der Waals surface area contributed by atoms with Gasteiger partial charge >= 0.3 is 6.18 Å². The number of carbonyl (C=O) groups is 2. The van der Waals surface area contributed by atoms with Crippen LogP contribution in [-0.2, 0) is 15.8 Å². The van der Waals surface area contributed by atoms with Gasteiger partial charge in [-0.2, -0.15) is 13.2 Å². The molecule has 2 aliphatic heterocycles. The van der Waals surface area contributed by atoms with E-state index in [0.29, 0.717) is 38.8 Å². The molecule has 1 aromatic rings. The lowest BCUT2D eigenvalue weighted by molar-refractivity contribution is -0.141. The monoisotopic (exact) mass is 357 g/mol.